The topological polar surface area (TPSA) is 27.3 Å². The second kappa shape index (κ2) is 8.69. The molecule has 1 aromatic carbocycles. The Hall–Kier alpha value is -0.850. The summed E-state index contributed by atoms with van der Waals surface area (Å²) in [6.45, 7) is 4.45. The predicted molar refractivity (Wildman–Crippen MR) is 113 cm³/mol. The molecular weight excluding hydrogens is 393 g/mol. The number of anilines is 1. The number of likely N-dealkylation sites (tertiary alicyclic amines) is 1. The zero-order valence-corrected chi connectivity index (χ0v) is 17.1. The van der Waals surface area contributed by atoms with Gasteiger partial charge in [-0.25, -0.2) is 0 Å². The molecule has 1 aromatic heterocycles. The molecule has 1 aliphatic heterocycles. The van der Waals surface area contributed by atoms with Crippen molar-refractivity contribution in [3.8, 4) is 0 Å². The Morgan fingerprint density at radius 3 is 2.64 bits per heavy atom. The Labute approximate surface area is 168 Å². The van der Waals surface area contributed by atoms with Gasteiger partial charge in [-0.15, -0.1) is 11.3 Å². The van der Waals surface area contributed by atoms with Gasteiger partial charge in [0.15, 0.2) is 5.11 Å². The molecule has 0 aliphatic carbocycles. The van der Waals surface area contributed by atoms with Crippen LogP contribution in [-0.2, 0) is 0 Å². The number of rotatable bonds is 5. The van der Waals surface area contributed by atoms with Crippen LogP contribution in [0.15, 0.2) is 35.7 Å². The van der Waals surface area contributed by atoms with Crippen molar-refractivity contribution < 1.29 is 0 Å². The van der Waals surface area contributed by atoms with Crippen LogP contribution in [0.2, 0.25) is 10.0 Å². The van der Waals surface area contributed by atoms with Crippen molar-refractivity contribution in [1.29, 1.82) is 0 Å². The van der Waals surface area contributed by atoms with E-state index in [2.05, 4.69) is 40.0 Å². The zero-order chi connectivity index (χ0) is 17.8. The predicted octanol–water partition coefficient (Wildman–Crippen LogP) is 5.57. The average Bonchev–Trinajstić information content (AvgIpc) is 3.24. The molecule has 2 atom stereocenters. The first-order valence-corrected chi connectivity index (χ1v) is 10.4. The van der Waals surface area contributed by atoms with Gasteiger partial charge in [0.25, 0.3) is 0 Å². The summed E-state index contributed by atoms with van der Waals surface area (Å²) in [5.74, 6) is 0. The molecule has 2 heterocycles. The second-order valence-corrected chi connectivity index (χ2v) is 8.45. The van der Waals surface area contributed by atoms with E-state index < -0.39 is 0 Å². The molecule has 2 N–H and O–H groups in total. The Balaban J connectivity index is 1.68. The van der Waals surface area contributed by atoms with Crippen LogP contribution in [0.5, 0.6) is 0 Å². The maximum atomic E-state index is 6.22. The SMILES string of the molecule is C[C@H](NC(=S)Nc1ccc(Cl)cc1Cl)[C@@H](c1cccs1)N1CCCC1. The van der Waals surface area contributed by atoms with Crippen LogP contribution in [-0.4, -0.2) is 29.1 Å². The normalized spacial score (nSPS) is 17.2. The lowest BCUT2D eigenvalue weighted by atomic mass is 10.1. The second-order valence-electron chi connectivity index (χ2n) is 6.21. The Bertz CT molecular complexity index is 715. The van der Waals surface area contributed by atoms with Gasteiger partial charge < -0.3 is 10.6 Å². The minimum absolute atomic E-state index is 0.183. The van der Waals surface area contributed by atoms with Gasteiger partial charge in [-0.1, -0.05) is 29.3 Å². The average molecular weight is 414 g/mol. The van der Waals surface area contributed by atoms with Crippen molar-refractivity contribution in [2.45, 2.75) is 31.8 Å². The molecule has 1 fully saturated rings. The first-order valence-electron chi connectivity index (χ1n) is 8.34. The van der Waals surface area contributed by atoms with E-state index in [4.69, 9.17) is 35.4 Å². The van der Waals surface area contributed by atoms with E-state index in [1.165, 1.54) is 17.7 Å². The molecular formula is C18H21Cl2N3S2. The molecule has 7 heteroatoms. The van der Waals surface area contributed by atoms with E-state index in [-0.39, 0.29) is 6.04 Å². The molecule has 0 spiro atoms. The molecule has 0 amide bonds. The highest BCUT2D eigenvalue weighted by atomic mass is 35.5. The standard InChI is InChI=1S/C18H21Cl2N3S2/c1-12(17(16-5-4-10-25-16)23-8-2-3-9-23)21-18(24)22-15-7-6-13(19)11-14(15)20/h4-7,10-12,17H,2-3,8-9H2,1H3,(H2,21,22,24)/t12-,17-/m0/s1. The molecule has 0 bridgehead atoms. The number of benzene rings is 1. The zero-order valence-electron chi connectivity index (χ0n) is 14.0. The van der Waals surface area contributed by atoms with E-state index in [9.17, 15) is 0 Å². The molecule has 0 saturated carbocycles. The van der Waals surface area contributed by atoms with Crippen LogP contribution in [0.25, 0.3) is 0 Å². The molecule has 2 aromatic rings. The van der Waals surface area contributed by atoms with Gasteiger partial charge in [0, 0.05) is 15.9 Å². The summed E-state index contributed by atoms with van der Waals surface area (Å²) < 4.78 is 0. The van der Waals surface area contributed by atoms with Gasteiger partial charge in [0.1, 0.15) is 0 Å². The van der Waals surface area contributed by atoms with Crippen LogP contribution in [0, 0.1) is 0 Å². The third-order valence-corrected chi connectivity index (χ3v) is 6.09. The fourth-order valence-corrected chi connectivity index (χ4v) is 4.97. The van der Waals surface area contributed by atoms with E-state index in [0.717, 1.165) is 18.8 Å². The lowest BCUT2D eigenvalue weighted by Gasteiger charge is -2.33. The number of thiocarbonyl (C=S) groups is 1. The van der Waals surface area contributed by atoms with Crippen molar-refractivity contribution in [2.75, 3.05) is 18.4 Å². The van der Waals surface area contributed by atoms with Crippen LogP contribution < -0.4 is 10.6 Å². The molecule has 1 saturated heterocycles. The highest BCUT2D eigenvalue weighted by molar-refractivity contribution is 7.80. The molecule has 134 valence electrons. The Morgan fingerprint density at radius 1 is 1.24 bits per heavy atom. The quantitative estimate of drug-likeness (QED) is 0.626. The Morgan fingerprint density at radius 2 is 2.00 bits per heavy atom. The van der Waals surface area contributed by atoms with Gasteiger partial charge >= 0.3 is 0 Å². The van der Waals surface area contributed by atoms with Crippen LogP contribution in [0.1, 0.15) is 30.7 Å². The van der Waals surface area contributed by atoms with Crippen LogP contribution in [0.3, 0.4) is 0 Å². The maximum absolute atomic E-state index is 6.22. The van der Waals surface area contributed by atoms with E-state index in [1.54, 1.807) is 23.5 Å². The molecule has 0 radical (unpaired) electrons. The van der Waals surface area contributed by atoms with Crippen molar-refractivity contribution >= 4 is 57.6 Å². The summed E-state index contributed by atoms with van der Waals surface area (Å²) in [5.41, 5.74) is 0.754. The fraction of sp³-hybridized carbons (Fsp3) is 0.389. The van der Waals surface area contributed by atoms with Crippen LogP contribution in [0.4, 0.5) is 5.69 Å². The third-order valence-electron chi connectivity index (χ3n) is 4.38. The summed E-state index contributed by atoms with van der Waals surface area (Å²) in [6, 6.07) is 10.2. The van der Waals surface area contributed by atoms with E-state index in [1.807, 2.05) is 6.07 Å². The molecule has 3 nitrogen and oxygen atoms in total. The minimum Gasteiger partial charge on any atom is -0.358 e. The lowest BCUT2D eigenvalue weighted by Crippen LogP contribution is -2.45. The molecule has 1 aliphatic rings. The summed E-state index contributed by atoms with van der Waals surface area (Å²) in [4.78, 5) is 3.91. The van der Waals surface area contributed by atoms with Crippen molar-refractivity contribution in [3.05, 3.63) is 50.6 Å². The largest absolute Gasteiger partial charge is 0.358 e. The van der Waals surface area contributed by atoms with Gasteiger partial charge in [-0.2, -0.15) is 0 Å². The third kappa shape index (κ3) is 4.86. The smallest absolute Gasteiger partial charge is 0.171 e. The molecule has 0 unspecified atom stereocenters. The van der Waals surface area contributed by atoms with Gasteiger partial charge in [-0.3, -0.25) is 4.90 Å². The first kappa shape index (κ1) is 18.9. The number of thiophene rings is 1. The summed E-state index contributed by atoms with van der Waals surface area (Å²) >= 11 is 19.5. The van der Waals surface area contributed by atoms with Gasteiger partial charge in [-0.05, 0) is 74.7 Å². The van der Waals surface area contributed by atoms with Crippen molar-refractivity contribution in [1.82, 2.24) is 10.2 Å². The summed E-state index contributed by atoms with van der Waals surface area (Å²) in [5, 5.41) is 10.5. The monoisotopic (exact) mass is 413 g/mol. The first-order chi connectivity index (χ1) is 12.0. The highest BCUT2D eigenvalue weighted by Gasteiger charge is 2.29. The van der Waals surface area contributed by atoms with E-state index in [0.29, 0.717) is 21.2 Å². The fourth-order valence-electron chi connectivity index (χ4n) is 3.26. The molecule has 25 heavy (non-hydrogen) atoms. The maximum Gasteiger partial charge on any atom is 0.171 e. The van der Waals surface area contributed by atoms with Crippen LogP contribution >= 0.6 is 46.8 Å². The summed E-state index contributed by atoms with van der Waals surface area (Å²) in [6.07, 6.45) is 2.52. The van der Waals surface area contributed by atoms with Gasteiger partial charge in [0.2, 0.25) is 0 Å². The molecule has 3 rings (SSSR count). The minimum atomic E-state index is 0.183. The summed E-state index contributed by atoms with van der Waals surface area (Å²) in [7, 11) is 0. The van der Waals surface area contributed by atoms with Crippen molar-refractivity contribution in [2.24, 2.45) is 0 Å². The van der Waals surface area contributed by atoms with Gasteiger partial charge in [0.05, 0.1) is 16.8 Å². The number of hydrogen-bond acceptors (Lipinski definition) is 3. The van der Waals surface area contributed by atoms with E-state index >= 15 is 0 Å². The number of nitrogens with zero attached hydrogens (tertiary/aromatic N) is 1. The highest BCUT2D eigenvalue weighted by Crippen LogP contribution is 2.31. The van der Waals surface area contributed by atoms with Crippen molar-refractivity contribution in [3.63, 3.8) is 0 Å². The Kier molecular flexibility index (Phi) is 6.58. The number of hydrogen-bond donors (Lipinski definition) is 2. The number of halogens is 2. The number of nitrogens with one attached hydrogen (secondary N) is 2. The lowest BCUT2D eigenvalue weighted by molar-refractivity contribution is 0.214.